The second kappa shape index (κ2) is 4.11. The standard InChI is InChI=1S/C15H10FNO/c16-13-6-12(7-14(18)9-13)11-4-3-10-2-1-5-17-15(10)8-11/h1-9,18H. The Kier molecular flexibility index (Phi) is 2.45. The van der Waals surface area contributed by atoms with E-state index in [-0.39, 0.29) is 5.75 Å². The molecule has 0 atom stereocenters. The van der Waals surface area contributed by atoms with Crippen LogP contribution in [-0.2, 0) is 0 Å². The van der Waals surface area contributed by atoms with Gasteiger partial charge in [0.05, 0.1) is 5.52 Å². The van der Waals surface area contributed by atoms with Crippen molar-refractivity contribution < 1.29 is 9.50 Å². The van der Waals surface area contributed by atoms with Gasteiger partial charge in [0, 0.05) is 17.6 Å². The summed E-state index contributed by atoms with van der Waals surface area (Å²) >= 11 is 0. The summed E-state index contributed by atoms with van der Waals surface area (Å²) in [5.74, 6) is -0.530. The molecular weight excluding hydrogens is 229 g/mol. The number of aromatic hydroxyl groups is 1. The van der Waals surface area contributed by atoms with Crippen molar-refractivity contribution in [2.45, 2.75) is 0 Å². The molecule has 0 bridgehead atoms. The molecule has 0 aliphatic heterocycles. The van der Waals surface area contributed by atoms with Crippen LogP contribution in [0.3, 0.4) is 0 Å². The molecule has 0 aliphatic rings. The van der Waals surface area contributed by atoms with Crippen molar-refractivity contribution in [2.75, 3.05) is 0 Å². The Labute approximate surface area is 103 Å². The molecule has 0 saturated carbocycles. The molecule has 3 rings (SSSR count). The van der Waals surface area contributed by atoms with Gasteiger partial charge in [-0.05, 0) is 35.4 Å². The monoisotopic (exact) mass is 239 g/mol. The minimum absolute atomic E-state index is 0.0777. The van der Waals surface area contributed by atoms with Gasteiger partial charge in [-0.3, -0.25) is 4.98 Å². The predicted molar refractivity (Wildman–Crippen MR) is 68.8 cm³/mol. The number of pyridine rings is 1. The topological polar surface area (TPSA) is 33.1 Å². The van der Waals surface area contributed by atoms with Crippen LogP contribution in [0.15, 0.2) is 54.7 Å². The molecule has 2 aromatic carbocycles. The number of fused-ring (bicyclic) bond motifs is 1. The summed E-state index contributed by atoms with van der Waals surface area (Å²) in [6, 6.07) is 13.5. The Balaban J connectivity index is 2.19. The molecule has 0 spiro atoms. The second-order valence-electron chi connectivity index (χ2n) is 4.11. The van der Waals surface area contributed by atoms with E-state index in [2.05, 4.69) is 4.98 Å². The van der Waals surface area contributed by atoms with E-state index in [1.807, 2.05) is 30.3 Å². The maximum atomic E-state index is 13.3. The van der Waals surface area contributed by atoms with Crippen LogP contribution in [0.25, 0.3) is 22.0 Å². The van der Waals surface area contributed by atoms with Gasteiger partial charge in [-0.2, -0.15) is 0 Å². The number of nitrogens with zero attached hydrogens (tertiary/aromatic N) is 1. The van der Waals surface area contributed by atoms with Crippen molar-refractivity contribution in [3.8, 4) is 16.9 Å². The summed E-state index contributed by atoms with van der Waals surface area (Å²) in [6.07, 6.45) is 1.72. The van der Waals surface area contributed by atoms with Crippen molar-refractivity contribution in [1.29, 1.82) is 0 Å². The largest absolute Gasteiger partial charge is 0.508 e. The molecular formula is C15H10FNO. The average Bonchev–Trinajstić information content (AvgIpc) is 2.37. The highest BCUT2D eigenvalue weighted by molar-refractivity contribution is 5.84. The van der Waals surface area contributed by atoms with Crippen LogP contribution >= 0.6 is 0 Å². The highest BCUT2D eigenvalue weighted by atomic mass is 19.1. The molecule has 1 aromatic heterocycles. The fraction of sp³-hybridized carbons (Fsp3) is 0. The van der Waals surface area contributed by atoms with Crippen molar-refractivity contribution in [1.82, 2.24) is 4.98 Å². The number of rotatable bonds is 1. The van der Waals surface area contributed by atoms with E-state index in [0.29, 0.717) is 5.56 Å². The SMILES string of the molecule is Oc1cc(F)cc(-c2ccc3cccnc3c2)c1. The molecule has 0 aliphatic carbocycles. The Bertz CT molecular complexity index is 704. The first-order valence-electron chi connectivity index (χ1n) is 5.57. The van der Waals surface area contributed by atoms with Crippen LogP contribution in [0.2, 0.25) is 0 Å². The molecule has 0 unspecified atom stereocenters. The highest BCUT2D eigenvalue weighted by Crippen LogP contribution is 2.27. The van der Waals surface area contributed by atoms with Gasteiger partial charge in [0.15, 0.2) is 0 Å². The first kappa shape index (κ1) is 10.7. The Hall–Kier alpha value is -2.42. The van der Waals surface area contributed by atoms with E-state index in [0.717, 1.165) is 22.5 Å². The second-order valence-corrected chi connectivity index (χ2v) is 4.11. The van der Waals surface area contributed by atoms with Gasteiger partial charge >= 0.3 is 0 Å². The molecule has 18 heavy (non-hydrogen) atoms. The third-order valence-corrected chi connectivity index (χ3v) is 2.82. The third-order valence-electron chi connectivity index (χ3n) is 2.82. The van der Waals surface area contributed by atoms with E-state index in [1.165, 1.54) is 12.1 Å². The fourth-order valence-corrected chi connectivity index (χ4v) is 1.99. The van der Waals surface area contributed by atoms with Gasteiger partial charge in [0.1, 0.15) is 11.6 Å². The number of hydrogen-bond acceptors (Lipinski definition) is 2. The molecule has 88 valence electrons. The van der Waals surface area contributed by atoms with Crippen LogP contribution in [0.5, 0.6) is 5.75 Å². The maximum Gasteiger partial charge on any atom is 0.127 e. The normalized spacial score (nSPS) is 10.7. The molecule has 1 heterocycles. The zero-order valence-corrected chi connectivity index (χ0v) is 9.47. The number of benzene rings is 2. The predicted octanol–water partition coefficient (Wildman–Crippen LogP) is 3.75. The summed E-state index contributed by atoms with van der Waals surface area (Å²) in [4.78, 5) is 4.26. The lowest BCUT2D eigenvalue weighted by atomic mass is 10.0. The first-order chi connectivity index (χ1) is 8.72. The minimum Gasteiger partial charge on any atom is -0.508 e. The van der Waals surface area contributed by atoms with E-state index >= 15 is 0 Å². The van der Waals surface area contributed by atoms with Gasteiger partial charge in [0.2, 0.25) is 0 Å². The minimum atomic E-state index is -0.453. The van der Waals surface area contributed by atoms with Gasteiger partial charge in [-0.15, -0.1) is 0 Å². The van der Waals surface area contributed by atoms with Crippen molar-refractivity contribution >= 4 is 10.9 Å². The molecule has 1 N–H and O–H groups in total. The molecule has 0 fully saturated rings. The van der Waals surface area contributed by atoms with Gasteiger partial charge in [-0.1, -0.05) is 18.2 Å². The van der Waals surface area contributed by atoms with Crippen LogP contribution in [0.4, 0.5) is 4.39 Å². The average molecular weight is 239 g/mol. The molecule has 0 saturated heterocycles. The third kappa shape index (κ3) is 1.91. The lowest BCUT2D eigenvalue weighted by Gasteiger charge is -2.04. The van der Waals surface area contributed by atoms with Crippen LogP contribution in [-0.4, -0.2) is 10.1 Å². The molecule has 0 amide bonds. The number of phenols is 1. The van der Waals surface area contributed by atoms with Gasteiger partial charge < -0.3 is 5.11 Å². The molecule has 3 heteroatoms. The Morgan fingerprint density at radius 1 is 0.944 bits per heavy atom. The summed E-state index contributed by atoms with van der Waals surface area (Å²) < 4.78 is 13.3. The van der Waals surface area contributed by atoms with Gasteiger partial charge in [-0.25, -0.2) is 4.39 Å². The zero-order chi connectivity index (χ0) is 12.5. The molecule has 0 radical (unpaired) electrons. The zero-order valence-electron chi connectivity index (χ0n) is 9.47. The summed E-state index contributed by atoms with van der Waals surface area (Å²) in [7, 11) is 0. The Morgan fingerprint density at radius 2 is 1.83 bits per heavy atom. The highest BCUT2D eigenvalue weighted by Gasteiger charge is 2.04. The molecule has 2 nitrogen and oxygen atoms in total. The van der Waals surface area contributed by atoms with Crippen molar-refractivity contribution in [3.63, 3.8) is 0 Å². The maximum absolute atomic E-state index is 13.3. The lowest BCUT2D eigenvalue weighted by Crippen LogP contribution is -1.83. The van der Waals surface area contributed by atoms with Crippen molar-refractivity contribution in [2.24, 2.45) is 0 Å². The summed E-state index contributed by atoms with van der Waals surface area (Å²) in [5, 5.41) is 10.4. The number of aromatic nitrogens is 1. The van der Waals surface area contributed by atoms with Crippen LogP contribution in [0.1, 0.15) is 0 Å². The van der Waals surface area contributed by atoms with E-state index in [4.69, 9.17) is 0 Å². The molecule has 3 aromatic rings. The first-order valence-corrected chi connectivity index (χ1v) is 5.57. The van der Waals surface area contributed by atoms with Crippen LogP contribution in [0, 0.1) is 5.82 Å². The Morgan fingerprint density at radius 3 is 2.67 bits per heavy atom. The van der Waals surface area contributed by atoms with Crippen LogP contribution < -0.4 is 0 Å². The quantitative estimate of drug-likeness (QED) is 0.701. The van der Waals surface area contributed by atoms with E-state index < -0.39 is 5.82 Å². The van der Waals surface area contributed by atoms with Gasteiger partial charge in [0.25, 0.3) is 0 Å². The van der Waals surface area contributed by atoms with E-state index in [9.17, 15) is 9.50 Å². The van der Waals surface area contributed by atoms with Crippen molar-refractivity contribution in [3.05, 3.63) is 60.5 Å². The van der Waals surface area contributed by atoms with E-state index in [1.54, 1.807) is 6.20 Å². The smallest absolute Gasteiger partial charge is 0.127 e. The number of hydrogen-bond donors (Lipinski definition) is 1. The fourth-order valence-electron chi connectivity index (χ4n) is 1.99. The number of phenolic OH excluding ortho intramolecular Hbond substituents is 1. The summed E-state index contributed by atoms with van der Waals surface area (Å²) in [5.41, 5.74) is 2.31. The number of halogens is 1. The lowest BCUT2D eigenvalue weighted by molar-refractivity contribution is 0.469. The summed E-state index contributed by atoms with van der Waals surface area (Å²) in [6.45, 7) is 0.